The molecular formula is C15H17F3. The summed E-state index contributed by atoms with van der Waals surface area (Å²) in [4.78, 5) is 0. The second-order valence-electron chi connectivity index (χ2n) is 5.94. The van der Waals surface area contributed by atoms with Gasteiger partial charge in [-0.15, -0.1) is 0 Å². The van der Waals surface area contributed by atoms with Gasteiger partial charge in [-0.1, -0.05) is 25.1 Å². The van der Waals surface area contributed by atoms with E-state index in [2.05, 4.69) is 6.92 Å². The molecule has 18 heavy (non-hydrogen) atoms. The van der Waals surface area contributed by atoms with Crippen molar-refractivity contribution in [2.24, 2.45) is 17.8 Å². The first-order valence-electron chi connectivity index (χ1n) is 6.62. The summed E-state index contributed by atoms with van der Waals surface area (Å²) in [5, 5.41) is 0. The molecule has 2 fully saturated rings. The number of fused-ring (bicyclic) bond motifs is 2. The van der Waals surface area contributed by atoms with Gasteiger partial charge in [0.05, 0.1) is 5.56 Å². The molecule has 2 saturated carbocycles. The van der Waals surface area contributed by atoms with Crippen LogP contribution in [0.3, 0.4) is 0 Å². The Hall–Kier alpha value is -0.990. The van der Waals surface area contributed by atoms with E-state index in [1.165, 1.54) is 25.0 Å². The Morgan fingerprint density at radius 1 is 1.11 bits per heavy atom. The highest BCUT2D eigenvalue weighted by atomic mass is 19.4. The van der Waals surface area contributed by atoms with Crippen LogP contribution in [-0.4, -0.2) is 0 Å². The molecule has 3 heteroatoms. The Morgan fingerprint density at radius 2 is 1.89 bits per heavy atom. The average molecular weight is 254 g/mol. The van der Waals surface area contributed by atoms with Crippen molar-refractivity contribution in [1.29, 1.82) is 0 Å². The number of benzene rings is 1. The summed E-state index contributed by atoms with van der Waals surface area (Å²) < 4.78 is 38.2. The van der Waals surface area contributed by atoms with E-state index in [-0.39, 0.29) is 0 Å². The van der Waals surface area contributed by atoms with E-state index in [9.17, 15) is 13.2 Å². The molecule has 2 aliphatic rings. The quantitative estimate of drug-likeness (QED) is 0.671. The molecule has 4 unspecified atom stereocenters. The summed E-state index contributed by atoms with van der Waals surface area (Å²) in [6.45, 7) is 2.24. The molecule has 0 spiro atoms. The van der Waals surface area contributed by atoms with Crippen LogP contribution in [0.2, 0.25) is 0 Å². The molecule has 98 valence electrons. The summed E-state index contributed by atoms with van der Waals surface area (Å²) in [6, 6.07) is 5.94. The van der Waals surface area contributed by atoms with Gasteiger partial charge >= 0.3 is 6.18 Å². The van der Waals surface area contributed by atoms with Crippen molar-refractivity contribution in [2.75, 3.05) is 0 Å². The van der Waals surface area contributed by atoms with Crippen LogP contribution in [0.25, 0.3) is 0 Å². The van der Waals surface area contributed by atoms with E-state index in [0.717, 1.165) is 17.9 Å². The van der Waals surface area contributed by atoms with Gasteiger partial charge < -0.3 is 0 Å². The van der Waals surface area contributed by atoms with Crippen LogP contribution < -0.4 is 0 Å². The average Bonchev–Trinajstić information content (AvgIpc) is 2.86. The Morgan fingerprint density at radius 3 is 2.50 bits per heavy atom. The fourth-order valence-electron chi connectivity index (χ4n) is 4.03. The summed E-state index contributed by atoms with van der Waals surface area (Å²) in [6.07, 6.45) is -0.669. The zero-order chi connectivity index (χ0) is 12.9. The maximum absolute atomic E-state index is 12.7. The second-order valence-corrected chi connectivity index (χ2v) is 5.94. The van der Waals surface area contributed by atoms with Crippen LogP contribution in [-0.2, 0) is 6.18 Å². The molecule has 0 aliphatic heterocycles. The Bertz CT molecular complexity index is 449. The molecule has 0 amide bonds. The highest BCUT2D eigenvalue weighted by Crippen LogP contribution is 2.55. The Labute approximate surface area is 105 Å². The molecule has 4 atom stereocenters. The van der Waals surface area contributed by atoms with Crippen molar-refractivity contribution < 1.29 is 13.2 Å². The monoisotopic (exact) mass is 254 g/mol. The Kier molecular flexibility index (Phi) is 2.68. The number of rotatable bonds is 1. The van der Waals surface area contributed by atoms with Gasteiger partial charge in [-0.3, -0.25) is 0 Å². The third-order valence-electron chi connectivity index (χ3n) is 4.79. The lowest BCUT2D eigenvalue weighted by atomic mass is 9.77. The van der Waals surface area contributed by atoms with Crippen molar-refractivity contribution in [2.45, 2.75) is 38.3 Å². The Balaban J connectivity index is 1.89. The van der Waals surface area contributed by atoms with Crippen LogP contribution in [0.4, 0.5) is 13.2 Å². The fraction of sp³-hybridized carbons (Fsp3) is 0.600. The number of halogens is 3. The van der Waals surface area contributed by atoms with Crippen LogP contribution in [0.5, 0.6) is 0 Å². The first-order valence-corrected chi connectivity index (χ1v) is 6.62. The van der Waals surface area contributed by atoms with Crippen LogP contribution in [0, 0.1) is 17.8 Å². The van der Waals surface area contributed by atoms with E-state index in [0.29, 0.717) is 17.8 Å². The minimum absolute atomic E-state index is 0.348. The maximum atomic E-state index is 12.7. The van der Waals surface area contributed by atoms with Crippen molar-refractivity contribution in [3.8, 4) is 0 Å². The predicted molar refractivity (Wildman–Crippen MR) is 64.2 cm³/mol. The van der Waals surface area contributed by atoms with Crippen molar-refractivity contribution in [1.82, 2.24) is 0 Å². The van der Waals surface area contributed by atoms with E-state index in [1.54, 1.807) is 6.07 Å². The third kappa shape index (κ3) is 1.94. The molecular weight excluding hydrogens is 237 g/mol. The van der Waals surface area contributed by atoms with Crippen LogP contribution in [0.15, 0.2) is 24.3 Å². The van der Waals surface area contributed by atoms with Gasteiger partial charge in [-0.05, 0) is 54.6 Å². The molecule has 2 bridgehead atoms. The fourth-order valence-corrected chi connectivity index (χ4v) is 4.03. The molecule has 0 N–H and O–H groups in total. The number of alkyl halides is 3. The van der Waals surface area contributed by atoms with E-state index in [4.69, 9.17) is 0 Å². The number of hydrogen-bond acceptors (Lipinski definition) is 0. The number of hydrogen-bond donors (Lipinski definition) is 0. The second kappa shape index (κ2) is 4.01. The van der Waals surface area contributed by atoms with Gasteiger partial charge in [-0.25, -0.2) is 0 Å². The zero-order valence-electron chi connectivity index (χ0n) is 10.4. The maximum Gasteiger partial charge on any atom is 0.416 e. The lowest BCUT2D eigenvalue weighted by Crippen LogP contribution is -2.17. The first kappa shape index (κ1) is 12.1. The molecule has 0 radical (unpaired) electrons. The molecule has 0 saturated heterocycles. The van der Waals surface area contributed by atoms with Crippen molar-refractivity contribution in [3.63, 3.8) is 0 Å². The molecule has 3 rings (SSSR count). The lowest BCUT2D eigenvalue weighted by molar-refractivity contribution is -0.137. The summed E-state index contributed by atoms with van der Waals surface area (Å²) in [5.74, 6) is 2.35. The molecule has 2 aliphatic carbocycles. The summed E-state index contributed by atoms with van der Waals surface area (Å²) in [5.41, 5.74) is 0.388. The van der Waals surface area contributed by atoms with Crippen molar-refractivity contribution >= 4 is 0 Å². The minimum atomic E-state index is -4.22. The lowest BCUT2D eigenvalue weighted by Gasteiger charge is -2.27. The van der Waals surface area contributed by atoms with Crippen molar-refractivity contribution in [3.05, 3.63) is 35.4 Å². The highest BCUT2D eigenvalue weighted by Gasteiger charge is 2.44. The standard InChI is InChI=1S/C15H17F3/c1-9-5-10-6-13(9)14(7-10)11-3-2-4-12(8-11)15(16,17)18/h2-4,8-10,13-14H,5-7H2,1H3. The van der Waals surface area contributed by atoms with Gasteiger partial charge in [0.15, 0.2) is 0 Å². The zero-order valence-corrected chi connectivity index (χ0v) is 10.4. The van der Waals surface area contributed by atoms with E-state index >= 15 is 0 Å². The topological polar surface area (TPSA) is 0 Å². The molecule has 0 aromatic heterocycles. The highest BCUT2D eigenvalue weighted by molar-refractivity contribution is 5.30. The van der Waals surface area contributed by atoms with Gasteiger partial charge in [-0.2, -0.15) is 13.2 Å². The van der Waals surface area contributed by atoms with Gasteiger partial charge in [0.1, 0.15) is 0 Å². The molecule has 0 nitrogen and oxygen atoms in total. The SMILES string of the molecule is CC1CC2CC(c3cccc(C(F)(F)F)c3)C1C2. The smallest absolute Gasteiger partial charge is 0.166 e. The van der Waals surface area contributed by atoms with Gasteiger partial charge in [0.2, 0.25) is 0 Å². The van der Waals surface area contributed by atoms with Crippen LogP contribution in [0.1, 0.15) is 43.2 Å². The first-order chi connectivity index (χ1) is 8.45. The third-order valence-corrected chi connectivity index (χ3v) is 4.79. The molecule has 1 aromatic rings. The van der Waals surface area contributed by atoms with E-state index < -0.39 is 11.7 Å². The van der Waals surface area contributed by atoms with E-state index in [1.807, 2.05) is 6.07 Å². The van der Waals surface area contributed by atoms with Gasteiger partial charge in [0.25, 0.3) is 0 Å². The normalized spacial score (nSPS) is 35.1. The summed E-state index contributed by atoms with van der Waals surface area (Å²) >= 11 is 0. The predicted octanol–water partition coefficient (Wildman–Crippen LogP) is 4.86. The van der Waals surface area contributed by atoms with Crippen LogP contribution >= 0.6 is 0 Å². The van der Waals surface area contributed by atoms with Gasteiger partial charge in [0, 0.05) is 0 Å². The minimum Gasteiger partial charge on any atom is -0.166 e. The molecule has 0 heterocycles. The summed E-state index contributed by atoms with van der Waals surface area (Å²) in [7, 11) is 0. The molecule has 1 aromatic carbocycles. The largest absolute Gasteiger partial charge is 0.416 e.